The molecule has 0 bridgehead atoms. The van der Waals surface area contributed by atoms with Crippen molar-refractivity contribution in [3.05, 3.63) is 0 Å². The molecule has 1 rings (SSSR count). The van der Waals surface area contributed by atoms with E-state index in [0.717, 1.165) is 0 Å². The van der Waals surface area contributed by atoms with E-state index >= 15 is 0 Å². The maximum Gasteiger partial charge on any atom is 0.146 e. The normalized spacial score (nSPS) is 32.6. The summed E-state index contributed by atoms with van der Waals surface area (Å²) in [5, 5.41) is 0. The predicted octanol–water partition coefficient (Wildman–Crippen LogP) is -0.762. The van der Waals surface area contributed by atoms with Crippen LogP contribution in [0.5, 0.6) is 0 Å². The Balaban J connectivity index is 2.91. The molecule has 4 nitrogen and oxygen atoms in total. The topological polar surface area (TPSA) is 52.6 Å². The molecular weight excluding hydrogens is 224 g/mol. The average molecular weight is 244 g/mol. The van der Waals surface area contributed by atoms with Gasteiger partial charge in [0.1, 0.15) is 10.9 Å². The molecule has 14 heavy (non-hydrogen) atoms. The second kappa shape index (κ2) is 4.00. The van der Waals surface area contributed by atoms with Crippen molar-refractivity contribution >= 4 is 19.9 Å². The van der Waals surface area contributed by atoms with Crippen LogP contribution in [0.2, 0.25) is 0 Å². The number of hydrogen-bond donors (Lipinski definition) is 2. The lowest BCUT2D eigenvalue weighted by Gasteiger charge is -2.40. The quantitative estimate of drug-likeness (QED) is 0.627. The molecule has 1 aliphatic rings. The molecule has 2 atom stereocenters. The number of ether oxygens (including phenoxy) is 2. The van der Waals surface area contributed by atoms with Gasteiger partial charge in [-0.3, -0.25) is 8.42 Å². The largest absolute Gasteiger partial charge is 0.361 e. The van der Waals surface area contributed by atoms with E-state index in [9.17, 15) is 8.42 Å². The maximum atomic E-state index is 11.9. The summed E-state index contributed by atoms with van der Waals surface area (Å²) in [5.41, 5.74) is -1.01. The van der Waals surface area contributed by atoms with E-state index in [1.807, 2.05) is 0 Å². The van der Waals surface area contributed by atoms with E-state index in [-0.39, 0.29) is 0 Å². The van der Waals surface area contributed by atoms with Gasteiger partial charge >= 0.3 is 0 Å². The van der Waals surface area contributed by atoms with Crippen LogP contribution in [0.3, 0.4) is 0 Å². The second-order valence-corrected chi connectivity index (χ2v) is 11.1. The van der Waals surface area contributed by atoms with Gasteiger partial charge in [-0.05, 0) is 25.0 Å². The van der Waals surface area contributed by atoms with Gasteiger partial charge in [0, 0.05) is 0 Å². The monoisotopic (exact) mass is 244 g/mol. The first-order chi connectivity index (χ1) is 6.23. The van der Waals surface area contributed by atoms with Crippen molar-refractivity contribution in [2.24, 2.45) is 0 Å². The minimum atomic E-state index is -2.41. The Bertz CT molecular complexity index is 260. The maximum absolute atomic E-state index is 11.9. The molecule has 0 spiro atoms. The molecule has 0 saturated carbocycles. The zero-order valence-corrected chi connectivity index (χ0v) is 10.9. The van der Waals surface area contributed by atoms with Crippen molar-refractivity contribution in [2.45, 2.75) is 10.9 Å². The summed E-state index contributed by atoms with van der Waals surface area (Å²) in [5.74, 6) is 0. The third-order valence-corrected chi connectivity index (χ3v) is 5.66. The summed E-state index contributed by atoms with van der Waals surface area (Å²) >= 11 is 0. The van der Waals surface area contributed by atoms with Crippen LogP contribution in [0, 0.1) is 0 Å². The van der Waals surface area contributed by atoms with Crippen LogP contribution < -0.4 is 0 Å². The first-order valence-corrected chi connectivity index (χ1v) is 9.89. The Morgan fingerprint density at radius 3 is 1.36 bits per heavy atom. The van der Waals surface area contributed by atoms with Crippen LogP contribution >= 0.6 is 0 Å². The van der Waals surface area contributed by atoms with Crippen LogP contribution in [0.15, 0.2) is 0 Å². The summed E-state index contributed by atoms with van der Waals surface area (Å²) in [6.45, 7) is 0.875. The molecule has 0 aromatic rings. The van der Waals surface area contributed by atoms with Crippen molar-refractivity contribution in [1.82, 2.24) is 0 Å². The first kappa shape index (κ1) is 12.3. The fraction of sp³-hybridized carbons (Fsp3) is 1.00. The van der Waals surface area contributed by atoms with Crippen molar-refractivity contribution < 1.29 is 17.9 Å². The van der Waals surface area contributed by atoms with E-state index in [1.54, 1.807) is 25.0 Å². The van der Waals surface area contributed by atoms with Gasteiger partial charge in [-0.1, -0.05) is 19.9 Å². The van der Waals surface area contributed by atoms with Crippen molar-refractivity contribution in [2.75, 3.05) is 38.2 Å². The van der Waals surface area contributed by atoms with Crippen LogP contribution in [0.1, 0.15) is 0 Å². The average Bonchev–Trinajstić information content (AvgIpc) is 2.01. The fourth-order valence-electron chi connectivity index (χ4n) is 1.48. The molecule has 1 heterocycles. The molecule has 2 unspecified atom stereocenters. The van der Waals surface area contributed by atoms with Gasteiger partial charge in [0.05, 0.1) is 13.2 Å². The van der Waals surface area contributed by atoms with E-state index in [4.69, 9.17) is 9.47 Å². The van der Waals surface area contributed by atoms with Crippen molar-refractivity contribution in [3.63, 3.8) is 0 Å². The highest BCUT2D eigenvalue weighted by molar-refractivity contribution is 8.05. The van der Waals surface area contributed by atoms with Gasteiger partial charge in [0.25, 0.3) is 0 Å². The SMILES string of the molecule is C[SH](C)(=O)C1OCCOC1[SH](C)(C)=O. The first-order valence-electron chi connectivity index (χ1n) is 4.55. The second-order valence-electron chi connectivity index (χ2n) is 4.39. The molecule has 0 N–H and O–H groups in total. The molecule has 1 saturated heterocycles. The Hall–Kier alpha value is 0.220. The van der Waals surface area contributed by atoms with E-state index in [2.05, 4.69) is 0 Å². The Morgan fingerprint density at radius 2 is 1.14 bits per heavy atom. The standard InChI is InChI=1S/C8H20O4S2/c1-13(2,9)7-8(14(3,4)10)12-6-5-11-7/h7-8,13-14H,5-6H2,1-4H3. The Kier molecular flexibility index (Phi) is 3.51. The molecule has 6 heteroatoms. The van der Waals surface area contributed by atoms with Crippen molar-refractivity contribution in [1.29, 1.82) is 0 Å². The minimum absolute atomic E-state index is 0.437. The lowest BCUT2D eigenvalue weighted by molar-refractivity contribution is -0.0715. The highest BCUT2D eigenvalue weighted by Crippen LogP contribution is 2.24. The van der Waals surface area contributed by atoms with Crippen LogP contribution in [0.25, 0.3) is 0 Å². The Labute approximate surface area is 87.2 Å². The molecule has 0 amide bonds. The zero-order valence-electron chi connectivity index (χ0n) is 9.10. The van der Waals surface area contributed by atoms with E-state index in [1.165, 1.54) is 0 Å². The summed E-state index contributed by atoms with van der Waals surface area (Å²) < 4.78 is 34.6. The van der Waals surface area contributed by atoms with Gasteiger partial charge in [-0.25, -0.2) is 0 Å². The van der Waals surface area contributed by atoms with E-state index in [0.29, 0.717) is 13.2 Å². The summed E-state index contributed by atoms with van der Waals surface area (Å²) in [7, 11) is -4.83. The zero-order chi connectivity index (χ0) is 11.0. The van der Waals surface area contributed by atoms with Crippen molar-refractivity contribution in [3.8, 4) is 0 Å². The molecule has 0 aromatic carbocycles. The van der Waals surface area contributed by atoms with Crippen LogP contribution in [0.4, 0.5) is 0 Å². The minimum Gasteiger partial charge on any atom is -0.361 e. The molecule has 1 aliphatic heterocycles. The summed E-state index contributed by atoms with van der Waals surface area (Å²) in [6, 6.07) is 0. The number of rotatable bonds is 2. The third kappa shape index (κ3) is 2.85. The van der Waals surface area contributed by atoms with Crippen LogP contribution in [-0.4, -0.2) is 57.5 Å². The smallest absolute Gasteiger partial charge is 0.146 e. The molecule has 0 aromatic heterocycles. The lowest BCUT2D eigenvalue weighted by Crippen LogP contribution is -2.51. The van der Waals surface area contributed by atoms with E-state index < -0.39 is 30.7 Å². The molecule has 0 radical (unpaired) electrons. The van der Waals surface area contributed by atoms with Gasteiger partial charge in [0.15, 0.2) is 0 Å². The highest BCUT2D eigenvalue weighted by atomic mass is 32.3. The van der Waals surface area contributed by atoms with Gasteiger partial charge in [-0.2, -0.15) is 0 Å². The molecule has 0 aliphatic carbocycles. The highest BCUT2D eigenvalue weighted by Gasteiger charge is 2.37. The molecular formula is C8H20O4S2. The van der Waals surface area contributed by atoms with Gasteiger partial charge < -0.3 is 9.47 Å². The molecule has 1 fully saturated rings. The lowest BCUT2D eigenvalue weighted by atomic mass is 10.6. The summed E-state index contributed by atoms with van der Waals surface area (Å²) in [6.07, 6.45) is 6.59. The summed E-state index contributed by atoms with van der Waals surface area (Å²) in [4.78, 5) is 0. The fourth-order valence-corrected chi connectivity index (χ4v) is 5.73. The molecule has 88 valence electrons. The van der Waals surface area contributed by atoms with Gasteiger partial charge in [-0.15, -0.1) is 0 Å². The number of thiol groups is 2. The third-order valence-electron chi connectivity index (χ3n) is 2.13. The van der Waals surface area contributed by atoms with Gasteiger partial charge in [0.2, 0.25) is 0 Å². The van der Waals surface area contributed by atoms with Crippen LogP contribution in [-0.2, 0) is 29.3 Å². The predicted molar refractivity (Wildman–Crippen MR) is 62.3 cm³/mol. The number of hydrogen-bond acceptors (Lipinski definition) is 4. The Morgan fingerprint density at radius 1 is 0.857 bits per heavy atom.